The molecule has 0 aromatic heterocycles. The van der Waals surface area contributed by atoms with E-state index < -0.39 is 21.5 Å². The Hall–Kier alpha value is -2.34. The maximum Gasteiger partial charge on any atom is 0.239 e. The summed E-state index contributed by atoms with van der Waals surface area (Å²) in [6, 6.07) is 13.6. The number of nitrogens with zero attached hydrogens (tertiary/aromatic N) is 1. The number of benzene rings is 2. The van der Waals surface area contributed by atoms with Gasteiger partial charge >= 0.3 is 0 Å². The number of amides is 1. The summed E-state index contributed by atoms with van der Waals surface area (Å²) in [5.41, 5.74) is 2.53. The van der Waals surface area contributed by atoms with Gasteiger partial charge in [-0.3, -0.25) is 4.79 Å². The van der Waals surface area contributed by atoms with Crippen LogP contribution in [-0.2, 0) is 14.6 Å². The highest BCUT2D eigenvalue weighted by atomic mass is 32.2. The van der Waals surface area contributed by atoms with Gasteiger partial charge in [0.25, 0.3) is 0 Å². The van der Waals surface area contributed by atoms with Crippen LogP contribution in [0.2, 0.25) is 0 Å². The van der Waals surface area contributed by atoms with E-state index in [1.807, 2.05) is 38.1 Å². The number of aryl methyl sites for hydroxylation is 1. The molecule has 0 bridgehead atoms. The molecule has 0 aliphatic heterocycles. The van der Waals surface area contributed by atoms with Crippen molar-refractivity contribution in [2.45, 2.75) is 11.8 Å². The van der Waals surface area contributed by atoms with E-state index in [9.17, 15) is 13.2 Å². The van der Waals surface area contributed by atoms with Crippen molar-refractivity contribution < 1.29 is 13.2 Å². The van der Waals surface area contributed by atoms with E-state index in [4.69, 9.17) is 0 Å². The maximum atomic E-state index is 12.2. The van der Waals surface area contributed by atoms with Crippen LogP contribution in [0.5, 0.6) is 0 Å². The molecule has 6 heteroatoms. The third-order valence-electron chi connectivity index (χ3n) is 3.37. The first-order valence-corrected chi connectivity index (χ1v) is 8.80. The average molecular weight is 332 g/mol. The number of carbonyl (C=O) groups is 1. The number of nitrogens with one attached hydrogen (secondary N) is 1. The number of carbonyl (C=O) groups excluding carboxylic acids is 1. The van der Waals surface area contributed by atoms with Gasteiger partial charge < -0.3 is 10.2 Å². The van der Waals surface area contributed by atoms with Crippen molar-refractivity contribution in [2.24, 2.45) is 0 Å². The summed E-state index contributed by atoms with van der Waals surface area (Å²) >= 11 is 0. The molecule has 0 saturated heterocycles. The lowest BCUT2D eigenvalue weighted by atomic mass is 10.2. The molecule has 2 aromatic rings. The van der Waals surface area contributed by atoms with Crippen molar-refractivity contribution in [3.63, 3.8) is 0 Å². The molecule has 0 heterocycles. The van der Waals surface area contributed by atoms with E-state index in [0.29, 0.717) is 5.69 Å². The molecule has 0 aliphatic carbocycles. The summed E-state index contributed by atoms with van der Waals surface area (Å²) in [5, 5.41) is 2.61. The molecule has 0 unspecified atom stereocenters. The van der Waals surface area contributed by atoms with Gasteiger partial charge in [-0.2, -0.15) is 0 Å². The molecule has 0 radical (unpaired) electrons. The zero-order valence-corrected chi connectivity index (χ0v) is 14.2. The lowest BCUT2D eigenvalue weighted by molar-refractivity contribution is -0.113. The Morgan fingerprint density at radius 3 is 2.09 bits per heavy atom. The van der Waals surface area contributed by atoms with Crippen molar-refractivity contribution in [2.75, 3.05) is 30.1 Å². The quantitative estimate of drug-likeness (QED) is 0.913. The Morgan fingerprint density at radius 1 is 1.00 bits per heavy atom. The van der Waals surface area contributed by atoms with Gasteiger partial charge in [0, 0.05) is 25.5 Å². The van der Waals surface area contributed by atoms with E-state index in [-0.39, 0.29) is 4.90 Å². The molecule has 5 nitrogen and oxygen atoms in total. The van der Waals surface area contributed by atoms with Crippen LogP contribution in [0.25, 0.3) is 0 Å². The molecule has 23 heavy (non-hydrogen) atoms. The average Bonchev–Trinajstić information content (AvgIpc) is 2.47. The van der Waals surface area contributed by atoms with Crippen molar-refractivity contribution in [1.82, 2.24) is 0 Å². The Bertz CT molecular complexity index is 780. The monoisotopic (exact) mass is 332 g/mol. The van der Waals surface area contributed by atoms with E-state index in [0.717, 1.165) is 11.3 Å². The van der Waals surface area contributed by atoms with Crippen LogP contribution in [0.15, 0.2) is 53.4 Å². The summed E-state index contributed by atoms with van der Waals surface area (Å²) in [6.07, 6.45) is 0. The van der Waals surface area contributed by atoms with Gasteiger partial charge in [0.2, 0.25) is 5.91 Å². The lowest BCUT2D eigenvalue weighted by Gasteiger charge is -2.13. The fourth-order valence-electron chi connectivity index (χ4n) is 2.04. The van der Waals surface area contributed by atoms with Crippen LogP contribution in [0.4, 0.5) is 11.4 Å². The van der Waals surface area contributed by atoms with Crippen molar-refractivity contribution >= 4 is 27.1 Å². The van der Waals surface area contributed by atoms with Crippen molar-refractivity contribution in [3.05, 3.63) is 54.1 Å². The highest BCUT2D eigenvalue weighted by molar-refractivity contribution is 7.92. The molecule has 1 N–H and O–H groups in total. The van der Waals surface area contributed by atoms with Crippen LogP contribution in [0.3, 0.4) is 0 Å². The first-order chi connectivity index (χ1) is 10.8. The van der Waals surface area contributed by atoms with Crippen LogP contribution in [0.1, 0.15) is 5.56 Å². The molecule has 0 spiro atoms. The number of anilines is 2. The van der Waals surface area contributed by atoms with E-state index in [1.54, 1.807) is 24.3 Å². The molecular formula is C17H20N2O3S. The van der Waals surface area contributed by atoms with Gasteiger partial charge in [-0.05, 0) is 43.3 Å². The third kappa shape index (κ3) is 4.56. The van der Waals surface area contributed by atoms with E-state index in [1.165, 1.54) is 12.1 Å². The highest BCUT2D eigenvalue weighted by Gasteiger charge is 2.19. The van der Waals surface area contributed by atoms with Gasteiger partial charge in [-0.25, -0.2) is 8.42 Å². The van der Waals surface area contributed by atoms with Gasteiger partial charge in [-0.1, -0.05) is 17.7 Å². The van der Waals surface area contributed by atoms with Crippen LogP contribution in [-0.4, -0.2) is 34.2 Å². The van der Waals surface area contributed by atoms with Crippen LogP contribution < -0.4 is 10.2 Å². The molecule has 0 saturated carbocycles. The van der Waals surface area contributed by atoms with E-state index in [2.05, 4.69) is 5.32 Å². The van der Waals surface area contributed by atoms with E-state index >= 15 is 0 Å². The Balaban J connectivity index is 2.05. The first kappa shape index (κ1) is 17.0. The summed E-state index contributed by atoms with van der Waals surface area (Å²) < 4.78 is 24.4. The number of rotatable bonds is 5. The molecule has 0 atom stereocenters. The molecular weight excluding hydrogens is 312 g/mol. The van der Waals surface area contributed by atoms with Crippen molar-refractivity contribution in [1.29, 1.82) is 0 Å². The van der Waals surface area contributed by atoms with Gasteiger partial charge in [0.15, 0.2) is 9.84 Å². The molecule has 0 fully saturated rings. The number of hydrogen-bond acceptors (Lipinski definition) is 4. The highest BCUT2D eigenvalue weighted by Crippen LogP contribution is 2.16. The lowest BCUT2D eigenvalue weighted by Crippen LogP contribution is -2.23. The minimum Gasteiger partial charge on any atom is -0.378 e. The zero-order valence-electron chi connectivity index (χ0n) is 13.4. The molecule has 122 valence electrons. The van der Waals surface area contributed by atoms with Crippen molar-refractivity contribution in [3.8, 4) is 0 Å². The van der Waals surface area contributed by atoms with Gasteiger partial charge in [0.1, 0.15) is 5.75 Å². The summed E-state index contributed by atoms with van der Waals surface area (Å²) in [6.45, 7) is 1.88. The second-order valence-corrected chi connectivity index (χ2v) is 7.55. The largest absolute Gasteiger partial charge is 0.378 e. The SMILES string of the molecule is Cc1ccc(S(=O)(=O)CC(=O)Nc2ccc(N(C)C)cc2)cc1. The van der Waals surface area contributed by atoms with Gasteiger partial charge in [-0.15, -0.1) is 0 Å². The number of sulfone groups is 1. The first-order valence-electron chi connectivity index (χ1n) is 7.14. The zero-order chi connectivity index (χ0) is 17.0. The maximum absolute atomic E-state index is 12.2. The summed E-state index contributed by atoms with van der Waals surface area (Å²) in [4.78, 5) is 14.1. The summed E-state index contributed by atoms with van der Waals surface area (Å²) in [5.74, 6) is -1.13. The molecule has 2 aromatic carbocycles. The topological polar surface area (TPSA) is 66.5 Å². The Labute approximate surface area is 136 Å². The minimum absolute atomic E-state index is 0.154. The van der Waals surface area contributed by atoms with Gasteiger partial charge in [0.05, 0.1) is 4.90 Å². The predicted molar refractivity (Wildman–Crippen MR) is 92.6 cm³/mol. The smallest absolute Gasteiger partial charge is 0.239 e. The summed E-state index contributed by atoms with van der Waals surface area (Å²) in [7, 11) is 0.199. The second-order valence-electron chi connectivity index (χ2n) is 5.56. The number of hydrogen-bond donors (Lipinski definition) is 1. The molecule has 1 amide bonds. The predicted octanol–water partition coefficient (Wildman–Crippen LogP) is 2.47. The normalized spacial score (nSPS) is 11.1. The standard InChI is InChI=1S/C17H20N2O3S/c1-13-4-10-16(11-5-13)23(21,22)12-17(20)18-14-6-8-15(9-7-14)19(2)3/h4-11H,12H2,1-3H3,(H,18,20). The Kier molecular flexibility index (Phi) is 5.05. The Morgan fingerprint density at radius 2 is 1.57 bits per heavy atom. The molecule has 2 rings (SSSR count). The minimum atomic E-state index is -3.64. The molecule has 0 aliphatic rings. The fraction of sp³-hybridized carbons (Fsp3) is 0.235. The van der Waals surface area contributed by atoms with Crippen LogP contribution in [0, 0.1) is 6.92 Å². The second kappa shape index (κ2) is 6.83. The fourth-order valence-corrected chi connectivity index (χ4v) is 3.18. The third-order valence-corrected chi connectivity index (χ3v) is 5.00. The van der Waals surface area contributed by atoms with Crippen LogP contribution >= 0.6 is 0 Å².